The van der Waals surface area contributed by atoms with Crippen LogP contribution in [-0.4, -0.2) is 31.4 Å². The van der Waals surface area contributed by atoms with E-state index in [4.69, 9.17) is 9.15 Å². The normalized spacial score (nSPS) is 11.0. The lowest BCUT2D eigenvalue weighted by molar-refractivity contribution is 0.294. The first-order valence-corrected chi connectivity index (χ1v) is 7.36. The second-order valence-corrected chi connectivity index (χ2v) is 5.08. The maximum atomic E-state index is 11.9. The molecule has 0 saturated carbocycles. The smallest absolute Gasteiger partial charge is 0.420 e. The van der Waals surface area contributed by atoms with Gasteiger partial charge in [-0.15, -0.1) is 5.10 Å². The molecule has 0 atom stereocenters. The lowest BCUT2D eigenvalue weighted by Crippen LogP contribution is -2.18. The number of para-hydroxylation sites is 2. The number of hydrogen-bond donors (Lipinski definition) is 0. The van der Waals surface area contributed by atoms with Crippen molar-refractivity contribution >= 4 is 11.1 Å². The number of nitrogens with zero attached hydrogens (tertiary/aromatic N) is 5. The third-order valence-electron chi connectivity index (χ3n) is 3.61. The second kappa shape index (κ2) is 5.99. The van der Waals surface area contributed by atoms with Crippen molar-refractivity contribution in [1.29, 1.82) is 0 Å². The summed E-state index contributed by atoms with van der Waals surface area (Å²) < 4.78 is 14.0. The van der Waals surface area contributed by atoms with Gasteiger partial charge in [-0.05, 0) is 46.8 Å². The van der Waals surface area contributed by atoms with Gasteiger partial charge in [0.1, 0.15) is 18.7 Å². The van der Waals surface area contributed by atoms with Crippen LogP contribution in [0.15, 0.2) is 64.1 Å². The molecule has 0 spiro atoms. The van der Waals surface area contributed by atoms with Crippen LogP contribution in [-0.2, 0) is 6.54 Å². The van der Waals surface area contributed by atoms with E-state index in [0.717, 1.165) is 11.2 Å². The minimum atomic E-state index is -0.381. The predicted molar refractivity (Wildman–Crippen MR) is 85.1 cm³/mol. The summed E-state index contributed by atoms with van der Waals surface area (Å²) in [6.07, 6.45) is 1.52. The van der Waals surface area contributed by atoms with Crippen molar-refractivity contribution in [3.8, 4) is 11.4 Å². The Bertz CT molecular complexity index is 1000. The van der Waals surface area contributed by atoms with E-state index in [1.807, 2.05) is 42.5 Å². The molecule has 8 heteroatoms. The Morgan fingerprint density at radius 2 is 1.92 bits per heavy atom. The average Bonchev–Trinajstić information content (AvgIpc) is 3.24. The molecule has 2 aromatic carbocycles. The van der Waals surface area contributed by atoms with E-state index in [0.29, 0.717) is 24.5 Å². The fourth-order valence-electron chi connectivity index (χ4n) is 2.46. The highest BCUT2D eigenvalue weighted by Crippen LogP contribution is 2.15. The van der Waals surface area contributed by atoms with E-state index >= 15 is 0 Å². The topological polar surface area (TPSA) is 88.0 Å². The number of aromatic nitrogens is 5. The summed E-state index contributed by atoms with van der Waals surface area (Å²) in [6.45, 7) is 0.762. The van der Waals surface area contributed by atoms with Gasteiger partial charge in [-0.3, -0.25) is 4.57 Å². The SMILES string of the molecule is O=c1oc2ccccc2n1CCOc1ccc(-n2cnnn2)cc1. The minimum absolute atomic E-state index is 0.355. The van der Waals surface area contributed by atoms with Crippen LogP contribution < -0.4 is 10.5 Å². The van der Waals surface area contributed by atoms with Gasteiger partial charge in [0, 0.05) is 0 Å². The number of fused-ring (bicyclic) bond motifs is 1. The molecule has 0 unspecified atom stereocenters. The van der Waals surface area contributed by atoms with Crippen LogP contribution in [0.25, 0.3) is 16.8 Å². The molecule has 0 amide bonds. The molecule has 24 heavy (non-hydrogen) atoms. The fraction of sp³-hybridized carbons (Fsp3) is 0.125. The monoisotopic (exact) mass is 323 g/mol. The molecule has 0 aliphatic rings. The Morgan fingerprint density at radius 1 is 1.08 bits per heavy atom. The number of benzene rings is 2. The van der Waals surface area contributed by atoms with Gasteiger partial charge in [-0.1, -0.05) is 12.1 Å². The highest BCUT2D eigenvalue weighted by atomic mass is 16.5. The van der Waals surface area contributed by atoms with Crippen molar-refractivity contribution in [2.24, 2.45) is 0 Å². The van der Waals surface area contributed by atoms with Crippen molar-refractivity contribution < 1.29 is 9.15 Å². The molecule has 8 nitrogen and oxygen atoms in total. The Balaban J connectivity index is 1.43. The summed E-state index contributed by atoms with van der Waals surface area (Å²) in [5, 5.41) is 11.0. The summed E-state index contributed by atoms with van der Waals surface area (Å²) in [5.74, 6) is 0.321. The molecule has 2 aromatic heterocycles. The van der Waals surface area contributed by atoms with Crippen LogP contribution >= 0.6 is 0 Å². The molecule has 0 fully saturated rings. The molecule has 4 aromatic rings. The predicted octanol–water partition coefficient (Wildman–Crippen LogP) is 1.65. The molecule has 0 aliphatic carbocycles. The van der Waals surface area contributed by atoms with Gasteiger partial charge in [0.2, 0.25) is 0 Å². The van der Waals surface area contributed by atoms with E-state index in [-0.39, 0.29) is 5.76 Å². The van der Waals surface area contributed by atoms with Gasteiger partial charge in [0.15, 0.2) is 5.58 Å². The van der Waals surface area contributed by atoms with Crippen LogP contribution in [0.5, 0.6) is 5.75 Å². The molecule has 4 rings (SSSR count). The highest BCUT2D eigenvalue weighted by molar-refractivity contribution is 5.72. The first-order chi connectivity index (χ1) is 11.8. The Kier molecular flexibility index (Phi) is 3.54. The standard InChI is InChI=1S/C16H13N5O3/c22-16-20(14-3-1-2-4-15(14)24-16)9-10-23-13-7-5-12(6-8-13)21-11-17-18-19-21/h1-8,11H,9-10H2. The first kappa shape index (κ1) is 14.2. The van der Waals surface area contributed by atoms with E-state index in [1.165, 1.54) is 6.33 Å². The van der Waals surface area contributed by atoms with Crippen LogP contribution in [0, 0.1) is 0 Å². The molecule has 0 N–H and O–H groups in total. The van der Waals surface area contributed by atoms with E-state index in [1.54, 1.807) is 15.3 Å². The summed E-state index contributed by atoms with van der Waals surface area (Å²) in [5.41, 5.74) is 2.18. The quantitative estimate of drug-likeness (QED) is 0.555. The number of oxazole rings is 1. The molecule has 0 bridgehead atoms. The summed E-state index contributed by atoms with van der Waals surface area (Å²) in [4.78, 5) is 11.9. The molecular weight excluding hydrogens is 310 g/mol. The Labute approximate surface area is 135 Å². The van der Waals surface area contributed by atoms with Crippen molar-refractivity contribution in [2.75, 3.05) is 6.61 Å². The van der Waals surface area contributed by atoms with Gasteiger partial charge in [0.25, 0.3) is 0 Å². The molecule has 2 heterocycles. The molecule has 0 aliphatic heterocycles. The number of tetrazole rings is 1. The van der Waals surface area contributed by atoms with E-state index < -0.39 is 0 Å². The lowest BCUT2D eigenvalue weighted by Gasteiger charge is -2.07. The Morgan fingerprint density at radius 3 is 2.71 bits per heavy atom. The second-order valence-electron chi connectivity index (χ2n) is 5.08. The summed E-state index contributed by atoms with van der Waals surface area (Å²) >= 11 is 0. The average molecular weight is 323 g/mol. The number of ether oxygens (including phenoxy) is 1. The molecule has 0 radical (unpaired) electrons. The lowest BCUT2D eigenvalue weighted by atomic mass is 10.3. The number of rotatable bonds is 5. The largest absolute Gasteiger partial charge is 0.492 e. The van der Waals surface area contributed by atoms with Crippen molar-refractivity contribution in [2.45, 2.75) is 6.54 Å². The minimum Gasteiger partial charge on any atom is -0.492 e. The van der Waals surface area contributed by atoms with Gasteiger partial charge in [-0.2, -0.15) is 0 Å². The van der Waals surface area contributed by atoms with Gasteiger partial charge < -0.3 is 9.15 Å². The van der Waals surface area contributed by atoms with Gasteiger partial charge in [0.05, 0.1) is 17.7 Å². The fourth-order valence-corrected chi connectivity index (χ4v) is 2.46. The zero-order valence-corrected chi connectivity index (χ0v) is 12.6. The number of hydrogen-bond acceptors (Lipinski definition) is 6. The maximum Gasteiger partial charge on any atom is 0.420 e. The zero-order valence-electron chi connectivity index (χ0n) is 12.6. The van der Waals surface area contributed by atoms with Gasteiger partial charge in [-0.25, -0.2) is 9.48 Å². The van der Waals surface area contributed by atoms with Crippen molar-refractivity contribution in [3.63, 3.8) is 0 Å². The van der Waals surface area contributed by atoms with Crippen LogP contribution in [0.2, 0.25) is 0 Å². The van der Waals surface area contributed by atoms with Crippen molar-refractivity contribution in [3.05, 3.63) is 65.4 Å². The molecule has 120 valence electrons. The van der Waals surface area contributed by atoms with E-state index in [9.17, 15) is 4.79 Å². The first-order valence-electron chi connectivity index (χ1n) is 7.36. The molecule has 0 saturated heterocycles. The Hall–Kier alpha value is -3.42. The van der Waals surface area contributed by atoms with Gasteiger partial charge >= 0.3 is 5.76 Å². The third-order valence-corrected chi connectivity index (χ3v) is 3.61. The zero-order chi connectivity index (χ0) is 16.4. The summed E-state index contributed by atoms with van der Waals surface area (Å²) in [7, 11) is 0. The van der Waals surface area contributed by atoms with Crippen LogP contribution in [0.1, 0.15) is 0 Å². The van der Waals surface area contributed by atoms with Crippen LogP contribution in [0.3, 0.4) is 0 Å². The van der Waals surface area contributed by atoms with E-state index in [2.05, 4.69) is 15.5 Å². The maximum absolute atomic E-state index is 11.9. The molecular formula is C16H13N5O3. The highest BCUT2D eigenvalue weighted by Gasteiger charge is 2.08. The van der Waals surface area contributed by atoms with Crippen molar-refractivity contribution in [1.82, 2.24) is 24.8 Å². The third kappa shape index (κ3) is 2.65. The summed E-state index contributed by atoms with van der Waals surface area (Å²) in [6, 6.07) is 14.7. The van der Waals surface area contributed by atoms with Crippen LogP contribution in [0.4, 0.5) is 0 Å².